The molecule has 5 heteroatoms. The molecule has 1 amide bonds. The number of nitro benzene ring substituents is 1. The summed E-state index contributed by atoms with van der Waals surface area (Å²) < 4.78 is 0. The summed E-state index contributed by atoms with van der Waals surface area (Å²) in [7, 11) is 0. The fourth-order valence-electron chi connectivity index (χ4n) is 2.68. The third-order valence-electron chi connectivity index (χ3n) is 3.95. The lowest BCUT2D eigenvalue weighted by Crippen LogP contribution is -2.40. The molecule has 1 aliphatic rings. The standard InChI is InChI=1S/C16H20N2O3/c1-12-5-2-3-8-15(12)17-16(19)10-9-13-6-4-7-14(11-13)18(20)21/h4,6-7,9-12,15H,2-3,5,8H2,1H3,(H,17,19)/b10-9+. The molecule has 0 aromatic heterocycles. The second kappa shape index (κ2) is 7.02. The lowest BCUT2D eigenvalue weighted by molar-refractivity contribution is -0.384. The van der Waals surface area contributed by atoms with E-state index >= 15 is 0 Å². The predicted octanol–water partition coefficient (Wildman–Crippen LogP) is 3.30. The molecule has 2 unspecified atom stereocenters. The van der Waals surface area contributed by atoms with E-state index in [1.807, 2.05) is 0 Å². The van der Waals surface area contributed by atoms with E-state index in [0.29, 0.717) is 11.5 Å². The number of nitrogens with zero attached hydrogens (tertiary/aromatic N) is 1. The van der Waals surface area contributed by atoms with Gasteiger partial charge in [0.2, 0.25) is 5.91 Å². The van der Waals surface area contributed by atoms with E-state index in [1.165, 1.54) is 24.6 Å². The highest BCUT2D eigenvalue weighted by Crippen LogP contribution is 2.23. The van der Waals surface area contributed by atoms with Crippen LogP contribution in [-0.4, -0.2) is 16.9 Å². The first-order valence-electron chi connectivity index (χ1n) is 7.29. The predicted molar refractivity (Wildman–Crippen MR) is 81.7 cm³/mol. The Morgan fingerprint density at radius 2 is 2.14 bits per heavy atom. The Labute approximate surface area is 124 Å². The fourth-order valence-corrected chi connectivity index (χ4v) is 2.68. The van der Waals surface area contributed by atoms with Gasteiger partial charge in [-0.1, -0.05) is 31.9 Å². The second-order valence-corrected chi connectivity index (χ2v) is 5.56. The van der Waals surface area contributed by atoms with Crippen LogP contribution in [0.3, 0.4) is 0 Å². The van der Waals surface area contributed by atoms with Crippen LogP contribution in [0.5, 0.6) is 0 Å². The molecule has 112 valence electrons. The van der Waals surface area contributed by atoms with E-state index in [4.69, 9.17) is 0 Å². The largest absolute Gasteiger partial charge is 0.350 e. The van der Waals surface area contributed by atoms with Gasteiger partial charge in [0.05, 0.1) is 4.92 Å². The molecule has 5 nitrogen and oxygen atoms in total. The van der Waals surface area contributed by atoms with E-state index in [1.54, 1.807) is 18.2 Å². The number of benzene rings is 1. The molecule has 0 aliphatic heterocycles. The summed E-state index contributed by atoms with van der Waals surface area (Å²) in [6, 6.07) is 6.47. The Bertz CT molecular complexity index is 554. The highest BCUT2D eigenvalue weighted by Gasteiger charge is 2.21. The van der Waals surface area contributed by atoms with Gasteiger partial charge in [-0.15, -0.1) is 0 Å². The number of non-ortho nitro benzene ring substituents is 1. The molecule has 0 radical (unpaired) electrons. The van der Waals surface area contributed by atoms with Crippen molar-refractivity contribution in [2.45, 2.75) is 38.6 Å². The van der Waals surface area contributed by atoms with Gasteiger partial charge < -0.3 is 5.32 Å². The summed E-state index contributed by atoms with van der Waals surface area (Å²) in [6.45, 7) is 2.16. The zero-order valence-corrected chi connectivity index (χ0v) is 12.1. The van der Waals surface area contributed by atoms with Crippen molar-refractivity contribution in [3.8, 4) is 0 Å². The summed E-state index contributed by atoms with van der Waals surface area (Å²) in [6.07, 6.45) is 7.62. The maximum atomic E-state index is 11.9. The minimum Gasteiger partial charge on any atom is -0.350 e. The first kappa shape index (κ1) is 15.2. The van der Waals surface area contributed by atoms with Crippen molar-refractivity contribution in [3.05, 3.63) is 46.0 Å². The Balaban J connectivity index is 1.95. The van der Waals surface area contributed by atoms with Crippen LogP contribution in [-0.2, 0) is 4.79 Å². The summed E-state index contributed by atoms with van der Waals surface area (Å²) in [5.74, 6) is 0.370. The molecule has 0 bridgehead atoms. The Hall–Kier alpha value is -2.17. The molecule has 1 fully saturated rings. The van der Waals surface area contributed by atoms with Gasteiger partial charge in [0, 0.05) is 24.3 Å². The maximum absolute atomic E-state index is 11.9. The van der Waals surface area contributed by atoms with Gasteiger partial charge in [-0.05, 0) is 30.4 Å². The molecule has 2 atom stereocenters. The van der Waals surface area contributed by atoms with Gasteiger partial charge >= 0.3 is 0 Å². The average molecular weight is 288 g/mol. The van der Waals surface area contributed by atoms with Gasteiger partial charge in [0.1, 0.15) is 0 Å². The van der Waals surface area contributed by atoms with Gasteiger partial charge in [-0.25, -0.2) is 0 Å². The zero-order chi connectivity index (χ0) is 15.2. The normalized spacial score (nSPS) is 22.1. The van der Waals surface area contributed by atoms with Crippen molar-refractivity contribution < 1.29 is 9.72 Å². The van der Waals surface area contributed by atoms with Crippen LogP contribution >= 0.6 is 0 Å². The van der Waals surface area contributed by atoms with E-state index in [9.17, 15) is 14.9 Å². The van der Waals surface area contributed by atoms with Crippen molar-refractivity contribution in [1.29, 1.82) is 0 Å². The number of nitrogens with one attached hydrogen (secondary N) is 1. The molecule has 0 saturated heterocycles. The van der Waals surface area contributed by atoms with E-state index in [0.717, 1.165) is 19.3 Å². The highest BCUT2D eigenvalue weighted by atomic mass is 16.6. The monoisotopic (exact) mass is 288 g/mol. The van der Waals surface area contributed by atoms with Crippen LogP contribution in [0.4, 0.5) is 5.69 Å². The number of rotatable bonds is 4. The topological polar surface area (TPSA) is 72.2 Å². The van der Waals surface area contributed by atoms with Crippen molar-refractivity contribution >= 4 is 17.7 Å². The zero-order valence-electron chi connectivity index (χ0n) is 12.1. The molecule has 2 rings (SSSR count). The molecule has 1 saturated carbocycles. The molecule has 21 heavy (non-hydrogen) atoms. The third kappa shape index (κ3) is 4.41. The maximum Gasteiger partial charge on any atom is 0.270 e. The van der Waals surface area contributed by atoms with Gasteiger partial charge in [-0.2, -0.15) is 0 Å². The first-order valence-corrected chi connectivity index (χ1v) is 7.29. The lowest BCUT2D eigenvalue weighted by atomic mass is 9.86. The summed E-state index contributed by atoms with van der Waals surface area (Å²) in [4.78, 5) is 22.2. The van der Waals surface area contributed by atoms with Gasteiger partial charge in [0.25, 0.3) is 5.69 Å². The molecule has 1 aromatic carbocycles. The Morgan fingerprint density at radius 3 is 2.86 bits per heavy atom. The fraction of sp³-hybridized carbons (Fsp3) is 0.438. The van der Waals surface area contributed by atoms with Gasteiger partial charge in [-0.3, -0.25) is 14.9 Å². The summed E-state index contributed by atoms with van der Waals surface area (Å²) >= 11 is 0. The van der Waals surface area contributed by atoms with Crippen LogP contribution in [0.25, 0.3) is 6.08 Å². The number of carbonyl (C=O) groups is 1. The molecule has 0 heterocycles. The van der Waals surface area contributed by atoms with Crippen LogP contribution in [0.1, 0.15) is 38.2 Å². The van der Waals surface area contributed by atoms with Crippen molar-refractivity contribution in [1.82, 2.24) is 5.32 Å². The van der Waals surface area contributed by atoms with Crippen molar-refractivity contribution in [2.75, 3.05) is 0 Å². The number of amides is 1. The smallest absolute Gasteiger partial charge is 0.270 e. The van der Waals surface area contributed by atoms with Crippen LogP contribution < -0.4 is 5.32 Å². The number of carbonyl (C=O) groups excluding carboxylic acids is 1. The van der Waals surface area contributed by atoms with Crippen LogP contribution in [0.15, 0.2) is 30.3 Å². The minimum atomic E-state index is -0.443. The highest BCUT2D eigenvalue weighted by molar-refractivity contribution is 5.92. The van der Waals surface area contributed by atoms with Gasteiger partial charge in [0.15, 0.2) is 0 Å². The van der Waals surface area contributed by atoms with E-state index in [-0.39, 0.29) is 17.6 Å². The van der Waals surface area contributed by atoms with E-state index in [2.05, 4.69) is 12.2 Å². The van der Waals surface area contributed by atoms with E-state index < -0.39 is 4.92 Å². The van der Waals surface area contributed by atoms with Crippen LogP contribution in [0, 0.1) is 16.0 Å². The van der Waals surface area contributed by atoms with Crippen molar-refractivity contribution in [3.63, 3.8) is 0 Å². The van der Waals surface area contributed by atoms with Crippen molar-refractivity contribution in [2.24, 2.45) is 5.92 Å². The quantitative estimate of drug-likeness (QED) is 0.525. The summed E-state index contributed by atoms with van der Waals surface area (Å²) in [5, 5.41) is 13.7. The SMILES string of the molecule is CC1CCCCC1NC(=O)/C=C/c1cccc([N+](=O)[O-])c1. The molecule has 1 aromatic rings. The third-order valence-corrected chi connectivity index (χ3v) is 3.95. The Morgan fingerprint density at radius 1 is 1.38 bits per heavy atom. The number of nitro groups is 1. The molecule has 1 N–H and O–H groups in total. The average Bonchev–Trinajstić information content (AvgIpc) is 2.48. The molecular weight excluding hydrogens is 268 g/mol. The first-order chi connectivity index (χ1) is 10.1. The number of hydrogen-bond donors (Lipinski definition) is 1. The minimum absolute atomic E-state index is 0.0264. The molecule has 0 spiro atoms. The van der Waals surface area contributed by atoms with Crippen LogP contribution in [0.2, 0.25) is 0 Å². The Kier molecular flexibility index (Phi) is 5.09. The molecular formula is C16H20N2O3. The molecule has 1 aliphatic carbocycles. The second-order valence-electron chi connectivity index (χ2n) is 5.56. The lowest BCUT2D eigenvalue weighted by Gasteiger charge is -2.29. The summed E-state index contributed by atoms with van der Waals surface area (Å²) in [5.41, 5.74) is 0.675. The number of hydrogen-bond acceptors (Lipinski definition) is 3.